The van der Waals surface area contributed by atoms with Crippen LogP contribution in [0.4, 0.5) is 0 Å². The Morgan fingerprint density at radius 3 is 2.60 bits per heavy atom. The van der Waals surface area contributed by atoms with Gasteiger partial charge in [-0.15, -0.1) is 5.10 Å². The summed E-state index contributed by atoms with van der Waals surface area (Å²) in [6.07, 6.45) is 1.72. The smallest absolute Gasteiger partial charge is 0.308 e. The Morgan fingerprint density at radius 2 is 1.90 bits per heavy atom. The van der Waals surface area contributed by atoms with E-state index in [1.54, 1.807) is 62.8 Å². The summed E-state index contributed by atoms with van der Waals surface area (Å²) in [5, 5.41) is 4.33. The van der Waals surface area contributed by atoms with Crippen molar-refractivity contribution in [3.8, 4) is 28.6 Å². The molecule has 0 N–H and O–H groups in total. The van der Waals surface area contributed by atoms with Crippen LogP contribution in [0.15, 0.2) is 47.3 Å². The fourth-order valence-corrected chi connectivity index (χ4v) is 3.84. The molecular formula is C21H17N3O5S. The van der Waals surface area contributed by atoms with Crippen LogP contribution in [0.5, 0.6) is 17.2 Å². The van der Waals surface area contributed by atoms with E-state index >= 15 is 0 Å². The van der Waals surface area contributed by atoms with E-state index in [1.165, 1.54) is 22.8 Å². The van der Waals surface area contributed by atoms with Crippen LogP contribution in [-0.4, -0.2) is 34.8 Å². The summed E-state index contributed by atoms with van der Waals surface area (Å²) >= 11 is 1.20. The molecule has 152 valence electrons. The molecule has 0 aliphatic heterocycles. The van der Waals surface area contributed by atoms with Crippen molar-refractivity contribution in [3.63, 3.8) is 0 Å². The third-order valence-electron chi connectivity index (χ3n) is 4.29. The molecule has 0 bridgehead atoms. The molecule has 0 aliphatic rings. The minimum absolute atomic E-state index is 0.302. The van der Waals surface area contributed by atoms with Gasteiger partial charge in [-0.05, 0) is 36.4 Å². The highest BCUT2D eigenvalue weighted by Gasteiger charge is 2.16. The van der Waals surface area contributed by atoms with Crippen molar-refractivity contribution in [1.29, 1.82) is 0 Å². The zero-order valence-electron chi connectivity index (χ0n) is 16.4. The maximum Gasteiger partial charge on any atom is 0.308 e. The first-order chi connectivity index (χ1) is 14.5. The van der Waals surface area contributed by atoms with Crippen LogP contribution in [0.2, 0.25) is 0 Å². The van der Waals surface area contributed by atoms with Gasteiger partial charge >= 0.3 is 5.97 Å². The van der Waals surface area contributed by atoms with Gasteiger partial charge in [-0.2, -0.15) is 9.50 Å². The molecule has 0 aliphatic carbocycles. The third kappa shape index (κ3) is 3.62. The zero-order chi connectivity index (χ0) is 21.3. The maximum atomic E-state index is 12.9. The van der Waals surface area contributed by atoms with E-state index < -0.39 is 5.97 Å². The number of carbonyl (C=O) groups is 1. The normalized spacial score (nSPS) is 11.6. The summed E-state index contributed by atoms with van der Waals surface area (Å²) in [7, 11) is 3.13. The zero-order valence-corrected chi connectivity index (χ0v) is 17.2. The molecule has 2 aromatic carbocycles. The minimum atomic E-state index is -0.447. The SMILES string of the molecule is COc1ccc(OC)c(C=c2sc3nc(-c4ccccc4OC(C)=O)nn3c2=O)c1. The fourth-order valence-electron chi connectivity index (χ4n) is 2.94. The van der Waals surface area contributed by atoms with E-state index in [9.17, 15) is 9.59 Å². The van der Waals surface area contributed by atoms with E-state index in [-0.39, 0.29) is 5.56 Å². The Morgan fingerprint density at radius 1 is 1.10 bits per heavy atom. The molecule has 4 rings (SSSR count). The van der Waals surface area contributed by atoms with E-state index in [2.05, 4.69) is 10.1 Å². The number of benzene rings is 2. The van der Waals surface area contributed by atoms with Gasteiger partial charge in [0.05, 0.1) is 24.3 Å². The average molecular weight is 423 g/mol. The Bertz CT molecular complexity index is 1360. The predicted molar refractivity (Wildman–Crippen MR) is 112 cm³/mol. The molecule has 30 heavy (non-hydrogen) atoms. The molecule has 0 saturated carbocycles. The molecule has 0 atom stereocenters. The lowest BCUT2D eigenvalue weighted by molar-refractivity contribution is -0.131. The summed E-state index contributed by atoms with van der Waals surface area (Å²) in [5.74, 6) is 1.46. The first-order valence-electron chi connectivity index (χ1n) is 8.91. The van der Waals surface area contributed by atoms with Crippen molar-refractivity contribution in [3.05, 3.63) is 62.9 Å². The lowest BCUT2D eigenvalue weighted by Gasteiger charge is -2.06. The number of ether oxygens (including phenoxy) is 3. The van der Waals surface area contributed by atoms with Gasteiger partial charge in [-0.25, -0.2) is 0 Å². The lowest BCUT2D eigenvalue weighted by atomic mass is 10.2. The number of nitrogens with zero attached hydrogens (tertiary/aromatic N) is 3. The molecule has 2 aromatic heterocycles. The predicted octanol–water partition coefficient (Wildman–Crippen LogP) is 2.31. The van der Waals surface area contributed by atoms with E-state index in [4.69, 9.17) is 14.2 Å². The number of esters is 1. The maximum absolute atomic E-state index is 12.9. The fraction of sp³-hybridized carbons (Fsp3) is 0.143. The lowest BCUT2D eigenvalue weighted by Crippen LogP contribution is -2.23. The number of methoxy groups -OCH3 is 2. The number of fused-ring (bicyclic) bond motifs is 1. The number of rotatable bonds is 5. The van der Waals surface area contributed by atoms with Crippen LogP contribution in [0, 0.1) is 0 Å². The Hall–Kier alpha value is -3.72. The molecule has 4 aromatic rings. The van der Waals surface area contributed by atoms with Crippen LogP contribution < -0.4 is 24.3 Å². The molecule has 0 saturated heterocycles. The Balaban J connectivity index is 1.81. The van der Waals surface area contributed by atoms with Gasteiger partial charge in [-0.1, -0.05) is 23.5 Å². The highest BCUT2D eigenvalue weighted by molar-refractivity contribution is 7.15. The van der Waals surface area contributed by atoms with Crippen LogP contribution in [0.25, 0.3) is 22.4 Å². The molecule has 0 amide bonds. The molecule has 8 nitrogen and oxygen atoms in total. The van der Waals surface area contributed by atoms with Crippen molar-refractivity contribution in [2.24, 2.45) is 0 Å². The van der Waals surface area contributed by atoms with Gasteiger partial charge in [0, 0.05) is 12.5 Å². The molecular weight excluding hydrogens is 406 g/mol. The van der Waals surface area contributed by atoms with E-state index in [0.717, 1.165) is 0 Å². The van der Waals surface area contributed by atoms with Gasteiger partial charge in [0.2, 0.25) is 4.96 Å². The summed E-state index contributed by atoms with van der Waals surface area (Å²) in [4.78, 5) is 29.1. The van der Waals surface area contributed by atoms with Crippen molar-refractivity contribution < 1.29 is 19.0 Å². The van der Waals surface area contributed by atoms with E-state index in [1.807, 2.05) is 0 Å². The second kappa shape index (κ2) is 7.96. The largest absolute Gasteiger partial charge is 0.497 e. The summed E-state index contributed by atoms with van der Waals surface area (Å²) in [5.41, 5.74) is 0.936. The molecule has 0 radical (unpaired) electrons. The van der Waals surface area contributed by atoms with E-state index in [0.29, 0.717) is 43.7 Å². The van der Waals surface area contributed by atoms with Crippen molar-refractivity contribution >= 4 is 28.3 Å². The third-order valence-corrected chi connectivity index (χ3v) is 5.25. The van der Waals surface area contributed by atoms with Crippen molar-refractivity contribution in [1.82, 2.24) is 14.6 Å². The summed E-state index contributed by atoms with van der Waals surface area (Å²) in [6.45, 7) is 1.32. The number of aromatic nitrogens is 3. The van der Waals surface area contributed by atoms with Gasteiger partial charge in [-0.3, -0.25) is 9.59 Å². The second-order valence-corrected chi connectivity index (χ2v) is 7.25. The average Bonchev–Trinajstić information content (AvgIpc) is 3.27. The van der Waals surface area contributed by atoms with Crippen LogP contribution in [0.1, 0.15) is 12.5 Å². The van der Waals surface area contributed by atoms with Crippen LogP contribution >= 0.6 is 11.3 Å². The summed E-state index contributed by atoms with van der Waals surface area (Å²) in [6, 6.07) is 12.3. The first-order valence-corrected chi connectivity index (χ1v) is 9.73. The van der Waals surface area contributed by atoms with Crippen molar-refractivity contribution in [2.75, 3.05) is 14.2 Å². The highest BCUT2D eigenvalue weighted by atomic mass is 32.1. The minimum Gasteiger partial charge on any atom is -0.497 e. The topological polar surface area (TPSA) is 92.0 Å². The number of para-hydroxylation sites is 1. The van der Waals surface area contributed by atoms with Gasteiger partial charge < -0.3 is 14.2 Å². The Labute approximate surface area is 175 Å². The first kappa shape index (κ1) is 19.6. The van der Waals surface area contributed by atoms with Crippen molar-refractivity contribution in [2.45, 2.75) is 6.92 Å². The summed E-state index contributed by atoms with van der Waals surface area (Å²) < 4.78 is 17.5. The quantitative estimate of drug-likeness (QED) is 0.359. The van der Waals surface area contributed by atoms with Crippen LogP contribution in [0.3, 0.4) is 0 Å². The monoisotopic (exact) mass is 423 g/mol. The number of hydrogen-bond acceptors (Lipinski definition) is 8. The highest BCUT2D eigenvalue weighted by Crippen LogP contribution is 2.28. The second-order valence-electron chi connectivity index (χ2n) is 6.24. The van der Waals surface area contributed by atoms with Gasteiger partial charge in [0.1, 0.15) is 17.2 Å². The number of thiazole rings is 1. The standard InChI is InChI=1S/C21H17N3O5S/c1-12(25)29-17-7-5-4-6-15(17)19-22-21-24(23-19)20(26)18(30-21)11-13-10-14(27-2)8-9-16(13)28-3/h4-11H,1-3H3. The number of hydrogen-bond donors (Lipinski definition) is 0. The molecule has 0 unspecified atom stereocenters. The van der Waals surface area contributed by atoms with Gasteiger partial charge in [0.25, 0.3) is 5.56 Å². The van der Waals surface area contributed by atoms with Gasteiger partial charge in [0.15, 0.2) is 5.82 Å². The molecule has 0 fully saturated rings. The van der Waals surface area contributed by atoms with Crippen LogP contribution in [-0.2, 0) is 4.79 Å². The molecule has 2 heterocycles. The number of carbonyl (C=O) groups excluding carboxylic acids is 1. The molecule has 0 spiro atoms. The Kier molecular flexibility index (Phi) is 5.20. The molecule has 9 heteroatoms.